The zero-order chi connectivity index (χ0) is 16.2. The summed E-state index contributed by atoms with van der Waals surface area (Å²) in [6.45, 7) is 11.0. The molecule has 1 aromatic carbocycles. The number of nitrogens with zero attached hydrogens (tertiary/aromatic N) is 2. The lowest BCUT2D eigenvalue weighted by Crippen LogP contribution is -2.04. The molecule has 0 saturated carbocycles. The van der Waals surface area contributed by atoms with E-state index in [0.717, 1.165) is 31.3 Å². The van der Waals surface area contributed by atoms with Gasteiger partial charge in [-0.25, -0.2) is 0 Å². The average Bonchev–Trinajstić information content (AvgIpc) is 2.52. The Bertz CT molecular complexity index is 443. The van der Waals surface area contributed by atoms with Crippen LogP contribution in [0.3, 0.4) is 0 Å². The fourth-order valence-electron chi connectivity index (χ4n) is 2.10. The molecule has 0 aliphatic heterocycles. The van der Waals surface area contributed by atoms with Crippen LogP contribution >= 0.6 is 0 Å². The number of benzene rings is 1. The van der Waals surface area contributed by atoms with Crippen LogP contribution in [0.2, 0.25) is 0 Å². The minimum atomic E-state index is 0.774. The van der Waals surface area contributed by atoms with Crippen LogP contribution in [0.25, 0.3) is 0 Å². The minimum absolute atomic E-state index is 0.774. The quantitative estimate of drug-likeness (QED) is 0.408. The maximum absolute atomic E-state index is 4.53. The van der Waals surface area contributed by atoms with Crippen LogP contribution in [-0.2, 0) is 0 Å². The van der Waals surface area contributed by atoms with E-state index in [1.54, 1.807) is 0 Å². The van der Waals surface area contributed by atoms with Gasteiger partial charge in [0.1, 0.15) is 0 Å². The summed E-state index contributed by atoms with van der Waals surface area (Å²) in [5, 5.41) is 0. The molecule has 0 radical (unpaired) electrons. The van der Waals surface area contributed by atoms with E-state index in [2.05, 4.69) is 61.9 Å². The first-order valence-electron chi connectivity index (χ1n) is 8.73. The lowest BCUT2D eigenvalue weighted by molar-refractivity contribution is 0.385. The summed E-state index contributed by atoms with van der Waals surface area (Å²) in [4.78, 5) is 8.95. The Labute approximate surface area is 136 Å². The maximum Gasteiger partial charge on any atom is 0.0389 e. The second kappa shape index (κ2) is 11.2. The molecule has 0 spiro atoms. The molecule has 22 heavy (non-hydrogen) atoms. The van der Waals surface area contributed by atoms with E-state index in [0.29, 0.717) is 0 Å². The smallest absolute Gasteiger partial charge is 0.0389 e. The second-order valence-electron chi connectivity index (χ2n) is 6.45. The van der Waals surface area contributed by atoms with Gasteiger partial charge in [-0.05, 0) is 42.2 Å². The van der Waals surface area contributed by atoms with Gasteiger partial charge in [-0.1, -0.05) is 58.4 Å². The highest BCUT2D eigenvalue weighted by Gasteiger charge is 2.05. The number of aliphatic imine (C=N–C) groups is 2. The van der Waals surface area contributed by atoms with Crippen LogP contribution in [0.5, 0.6) is 0 Å². The monoisotopic (exact) mass is 300 g/mol. The van der Waals surface area contributed by atoms with Gasteiger partial charge in [-0.3, -0.25) is 9.98 Å². The number of unbranched alkanes of at least 4 members (excludes halogenated alkanes) is 1. The second-order valence-corrected chi connectivity index (χ2v) is 6.45. The van der Waals surface area contributed by atoms with Gasteiger partial charge in [-0.15, -0.1) is 0 Å². The normalized spacial score (nSPS) is 13.5. The molecule has 0 heterocycles. The standard InChI is InChI=1S/C20H32N2/c1-5-6-13-21-15-19-9-11-20(12-10-19)16-22-14-7-8-18(4)17(2)3/h9-12,15-18H,5-8,13-14H2,1-4H3/b21-15+,22-16+. The van der Waals surface area contributed by atoms with Crippen molar-refractivity contribution in [2.45, 2.75) is 53.4 Å². The van der Waals surface area contributed by atoms with E-state index < -0.39 is 0 Å². The van der Waals surface area contributed by atoms with Crippen molar-refractivity contribution in [2.75, 3.05) is 13.1 Å². The summed E-state index contributed by atoms with van der Waals surface area (Å²) in [5.74, 6) is 1.57. The largest absolute Gasteiger partial charge is 0.293 e. The van der Waals surface area contributed by atoms with Crippen molar-refractivity contribution < 1.29 is 0 Å². The van der Waals surface area contributed by atoms with Crippen LogP contribution in [0.1, 0.15) is 64.5 Å². The minimum Gasteiger partial charge on any atom is -0.293 e. The van der Waals surface area contributed by atoms with Crippen LogP contribution in [-0.4, -0.2) is 25.5 Å². The molecule has 2 heteroatoms. The predicted molar refractivity (Wildman–Crippen MR) is 99.5 cm³/mol. The molecule has 0 bridgehead atoms. The molecule has 1 unspecified atom stereocenters. The predicted octanol–water partition coefficient (Wildman–Crippen LogP) is 5.40. The van der Waals surface area contributed by atoms with E-state index in [1.165, 1.54) is 30.4 Å². The third-order valence-corrected chi connectivity index (χ3v) is 4.14. The molecule has 0 aliphatic carbocycles. The fraction of sp³-hybridized carbons (Fsp3) is 0.600. The van der Waals surface area contributed by atoms with Crippen molar-refractivity contribution in [3.63, 3.8) is 0 Å². The summed E-state index contributed by atoms with van der Waals surface area (Å²) in [7, 11) is 0. The molecule has 0 fully saturated rings. The van der Waals surface area contributed by atoms with E-state index in [9.17, 15) is 0 Å². The summed E-state index contributed by atoms with van der Waals surface area (Å²) in [6, 6.07) is 8.44. The first-order chi connectivity index (χ1) is 10.6. The highest BCUT2D eigenvalue weighted by Crippen LogP contribution is 2.15. The van der Waals surface area contributed by atoms with Crippen molar-refractivity contribution >= 4 is 12.4 Å². The van der Waals surface area contributed by atoms with Gasteiger partial charge in [0, 0.05) is 25.5 Å². The van der Waals surface area contributed by atoms with E-state index in [4.69, 9.17) is 0 Å². The summed E-state index contributed by atoms with van der Waals surface area (Å²) in [5.41, 5.74) is 2.33. The first-order valence-corrected chi connectivity index (χ1v) is 8.73. The van der Waals surface area contributed by atoms with Gasteiger partial charge in [0.15, 0.2) is 0 Å². The average molecular weight is 300 g/mol. The number of rotatable bonds is 10. The number of hydrogen-bond donors (Lipinski definition) is 0. The van der Waals surface area contributed by atoms with Crippen molar-refractivity contribution in [2.24, 2.45) is 21.8 Å². The zero-order valence-electron chi connectivity index (χ0n) is 14.8. The first kappa shape index (κ1) is 18.6. The Kier molecular flexibility index (Phi) is 9.45. The third kappa shape index (κ3) is 8.11. The summed E-state index contributed by atoms with van der Waals surface area (Å²) >= 11 is 0. The highest BCUT2D eigenvalue weighted by molar-refractivity contribution is 5.84. The van der Waals surface area contributed by atoms with E-state index >= 15 is 0 Å². The Morgan fingerprint density at radius 1 is 0.864 bits per heavy atom. The molecular formula is C20H32N2. The third-order valence-electron chi connectivity index (χ3n) is 4.14. The van der Waals surface area contributed by atoms with Gasteiger partial charge >= 0.3 is 0 Å². The molecular weight excluding hydrogens is 268 g/mol. The Morgan fingerprint density at radius 3 is 1.82 bits per heavy atom. The van der Waals surface area contributed by atoms with Crippen LogP contribution < -0.4 is 0 Å². The lowest BCUT2D eigenvalue weighted by atomic mass is 9.93. The lowest BCUT2D eigenvalue weighted by Gasteiger charge is -2.13. The molecule has 0 amide bonds. The highest BCUT2D eigenvalue weighted by atomic mass is 14.7. The maximum atomic E-state index is 4.53. The molecule has 1 rings (SSSR count). The van der Waals surface area contributed by atoms with Crippen LogP contribution in [0.15, 0.2) is 34.3 Å². The van der Waals surface area contributed by atoms with E-state index in [-0.39, 0.29) is 0 Å². The van der Waals surface area contributed by atoms with Gasteiger partial charge in [0.25, 0.3) is 0 Å². The van der Waals surface area contributed by atoms with Crippen molar-refractivity contribution in [1.82, 2.24) is 0 Å². The van der Waals surface area contributed by atoms with Crippen molar-refractivity contribution in [3.8, 4) is 0 Å². The van der Waals surface area contributed by atoms with Gasteiger partial charge in [-0.2, -0.15) is 0 Å². The number of hydrogen-bond acceptors (Lipinski definition) is 2. The van der Waals surface area contributed by atoms with Crippen LogP contribution in [0, 0.1) is 11.8 Å². The topological polar surface area (TPSA) is 24.7 Å². The Hall–Kier alpha value is -1.44. The summed E-state index contributed by atoms with van der Waals surface area (Å²) < 4.78 is 0. The molecule has 0 saturated heterocycles. The summed E-state index contributed by atoms with van der Waals surface area (Å²) in [6.07, 6.45) is 8.75. The van der Waals surface area contributed by atoms with Gasteiger partial charge in [0.2, 0.25) is 0 Å². The SMILES string of the molecule is CCCC/N=C/c1ccc(/C=N/CCCC(C)C(C)C)cc1. The Balaban J connectivity index is 2.31. The molecule has 2 nitrogen and oxygen atoms in total. The molecule has 1 atom stereocenters. The zero-order valence-corrected chi connectivity index (χ0v) is 14.8. The fourth-order valence-corrected chi connectivity index (χ4v) is 2.10. The van der Waals surface area contributed by atoms with E-state index in [1.807, 2.05) is 12.4 Å². The van der Waals surface area contributed by atoms with Crippen molar-refractivity contribution in [3.05, 3.63) is 35.4 Å². The van der Waals surface area contributed by atoms with Crippen molar-refractivity contribution in [1.29, 1.82) is 0 Å². The molecule has 0 N–H and O–H groups in total. The van der Waals surface area contributed by atoms with Gasteiger partial charge < -0.3 is 0 Å². The van der Waals surface area contributed by atoms with Gasteiger partial charge in [0.05, 0.1) is 0 Å². The van der Waals surface area contributed by atoms with Crippen LogP contribution in [0.4, 0.5) is 0 Å². The molecule has 0 aliphatic rings. The Morgan fingerprint density at radius 2 is 1.36 bits per heavy atom. The molecule has 1 aromatic rings. The molecule has 122 valence electrons. The molecule has 0 aromatic heterocycles.